The topological polar surface area (TPSA) is 31.2 Å². The summed E-state index contributed by atoms with van der Waals surface area (Å²) in [6, 6.07) is 14.7. The molecule has 0 bridgehead atoms. The molecule has 1 aliphatic rings. The van der Waals surface area contributed by atoms with E-state index in [0.717, 1.165) is 36.5 Å². The van der Waals surface area contributed by atoms with Crippen molar-refractivity contribution in [1.82, 2.24) is 14.2 Å². The summed E-state index contributed by atoms with van der Waals surface area (Å²) in [5.41, 5.74) is 2.57. The molecule has 4 rings (SSSR count). The highest BCUT2D eigenvalue weighted by molar-refractivity contribution is 5.94. The third-order valence-electron chi connectivity index (χ3n) is 5.62. The Bertz CT molecular complexity index is 995. The summed E-state index contributed by atoms with van der Waals surface area (Å²) in [4.78, 5) is 19.1. The zero-order valence-corrected chi connectivity index (χ0v) is 16.5. The van der Waals surface area contributed by atoms with Crippen molar-refractivity contribution in [3.8, 4) is 0 Å². The van der Waals surface area contributed by atoms with Crippen molar-refractivity contribution in [3.05, 3.63) is 66.1 Å². The number of amides is 1. The van der Waals surface area contributed by atoms with Crippen LogP contribution in [0, 0.1) is 5.82 Å². The highest BCUT2D eigenvalue weighted by atomic mass is 19.1. The zero-order chi connectivity index (χ0) is 19.8. The van der Waals surface area contributed by atoms with E-state index in [4.69, 9.17) is 0 Å². The van der Waals surface area contributed by atoms with Crippen molar-refractivity contribution in [3.63, 3.8) is 0 Å². The van der Waals surface area contributed by atoms with E-state index in [9.17, 15) is 9.18 Å². The van der Waals surface area contributed by atoms with Crippen LogP contribution in [-0.2, 0) is 0 Å². The van der Waals surface area contributed by atoms with Crippen LogP contribution in [0.1, 0.15) is 16.8 Å². The lowest BCUT2D eigenvalue weighted by atomic mass is 10.2. The summed E-state index contributed by atoms with van der Waals surface area (Å²) in [5.74, 6) is 0.728. The summed E-state index contributed by atoms with van der Waals surface area (Å²) in [7, 11) is 6.05. The SMILES string of the molecule is CN(c1ccc(F)cc1)c1ccc2ccc(C(=O)N3CC[C@@H](N(C)C)C3)cn12. The summed E-state index contributed by atoms with van der Waals surface area (Å²) in [6.07, 6.45) is 2.90. The minimum absolute atomic E-state index is 0.0651. The second kappa shape index (κ2) is 7.28. The van der Waals surface area contributed by atoms with Gasteiger partial charge in [0.15, 0.2) is 0 Å². The first-order valence-corrected chi connectivity index (χ1v) is 9.50. The molecule has 1 aliphatic heterocycles. The minimum atomic E-state index is -0.258. The van der Waals surface area contributed by atoms with E-state index in [-0.39, 0.29) is 11.7 Å². The van der Waals surface area contributed by atoms with Crippen LogP contribution in [0.25, 0.3) is 5.52 Å². The lowest BCUT2D eigenvalue weighted by Gasteiger charge is -2.21. The Morgan fingerprint density at radius 2 is 1.75 bits per heavy atom. The van der Waals surface area contributed by atoms with Crippen LogP contribution in [-0.4, -0.2) is 60.4 Å². The van der Waals surface area contributed by atoms with Crippen molar-refractivity contribution in [2.45, 2.75) is 12.5 Å². The van der Waals surface area contributed by atoms with E-state index < -0.39 is 0 Å². The molecule has 1 fully saturated rings. The summed E-state index contributed by atoms with van der Waals surface area (Å²) >= 11 is 0. The van der Waals surface area contributed by atoms with E-state index in [2.05, 4.69) is 19.0 Å². The first-order valence-electron chi connectivity index (χ1n) is 9.50. The van der Waals surface area contributed by atoms with E-state index in [0.29, 0.717) is 11.6 Å². The van der Waals surface area contributed by atoms with Gasteiger partial charge < -0.3 is 19.1 Å². The molecule has 0 unspecified atom stereocenters. The number of anilines is 2. The van der Waals surface area contributed by atoms with Gasteiger partial charge in [-0.2, -0.15) is 0 Å². The van der Waals surface area contributed by atoms with Crippen molar-refractivity contribution >= 4 is 22.9 Å². The molecule has 0 radical (unpaired) electrons. The highest BCUT2D eigenvalue weighted by Crippen LogP contribution is 2.27. The van der Waals surface area contributed by atoms with Crippen LogP contribution in [0.2, 0.25) is 0 Å². The number of carbonyl (C=O) groups excluding carboxylic acids is 1. The molecule has 1 saturated heterocycles. The molecule has 0 N–H and O–H groups in total. The van der Waals surface area contributed by atoms with E-state index in [1.807, 2.05) is 51.7 Å². The molecule has 0 aliphatic carbocycles. The van der Waals surface area contributed by atoms with Crippen LogP contribution in [0.4, 0.5) is 15.9 Å². The van der Waals surface area contributed by atoms with Gasteiger partial charge in [0.05, 0.1) is 5.56 Å². The number of pyridine rings is 1. The van der Waals surface area contributed by atoms with Gasteiger partial charge in [0.25, 0.3) is 5.91 Å². The van der Waals surface area contributed by atoms with E-state index in [1.54, 1.807) is 12.1 Å². The Balaban J connectivity index is 1.63. The summed E-state index contributed by atoms with van der Waals surface area (Å²) in [6.45, 7) is 1.55. The molecular weight excluding hydrogens is 355 g/mol. The van der Waals surface area contributed by atoms with Crippen molar-refractivity contribution < 1.29 is 9.18 Å². The number of fused-ring (bicyclic) bond motifs is 1. The molecule has 0 saturated carbocycles. The van der Waals surface area contributed by atoms with Gasteiger partial charge in [-0.1, -0.05) is 0 Å². The van der Waals surface area contributed by atoms with Crippen LogP contribution in [0.5, 0.6) is 0 Å². The van der Waals surface area contributed by atoms with Crippen LogP contribution >= 0.6 is 0 Å². The monoisotopic (exact) mass is 380 g/mol. The van der Waals surface area contributed by atoms with Gasteiger partial charge in [-0.25, -0.2) is 4.39 Å². The van der Waals surface area contributed by atoms with Crippen molar-refractivity contribution in [2.75, 3.05) is 39.1 Å². The van der Waals surface area contributed by atoms with Crippen LogP contribution in [0.15, 0.2) is 54.7 Å². The standard InChI is InChI=1S/C22H25FN4O/c1-24(2)20-12-13-26(15-20)22(28)16-4-7-19-10-11-21(27(19)14-16)25(3)18-8-5-17(23)6-9-18/h4-11,14,20H,12-13,15H2,1-3H3/t20-/m1/s1. The number of aromatic nitrogens is 1. The molecule has 1 aromatic carbocycles. The number of carbonyl (C=O) groups is 1. The van der Waals surface area contributed by atoms with Gasteiger partial charge in [-0.15, -0.1) is 0 Å². The number of likely N-dealkylation sites (N-methyl/N-ethyl adjacent to an activating group) is 1. The first kappa shape index (κ1) is 18.5. The third kappa shape index (κ3) is 3.36. The average Bonchev–Trinajstić information content (AvgIpc) is 3.34. The van der Waals surface area contributed by atoms with E-state index >= 15 is 0 Å². The number of benzene rings is 1. The summed E-state index contributed by atoms with van der Waals surface area (Å²) in [5, 5.41) is 0. The lowest BCUT2D eigenvalue weighted by molar-refractivity contribution is 0.0782. The predicted octanol–water partition coefficient (Wildman–Crippen LogP) is 3.62. The normalized spacial score (nSPS) is 16.9. The molecule has 2 aromatic heterocycles. The molecule has 3 heterocycles. The third-order valence-corrected chi connectivity index (χ3v) is 5.62. The quantitative estimate of drug-likeness (QED) is 0.693. The number of hydrogen-bond donors (Lipinski definition) is 0. The average molecular weight is 380 g/mol. The minimum Gasteiger partial charge on any atom is -0.337 e. The highest BCUT2D eigenvalue weighted by Gasteiger charge is 2.28. The number of nitrogens with zero attached hydrogens (tertiary/aromatic N) is 4. The van der Waals surface area contributed by atoms with Crippen molar-refractivity contribution in [2.24, 2.45) is 0 Å². The summed E-state index contributed by atoms with van der Waals surface area (Å²) < 4.78 is 15.3. The van der Waals surface area contributed by atoms with E-state index in [1.165, 1.54) is 12.1 Å². The zero-order valence-electron chi connectivity index (χ0n) is 16.5. The molecule has 0 spiro atoms. The second-order valence-corrected chi connectivity index (χ2v) is 7.60. The number of hydrogen-bond acceptors (Lipinski definition) is 3. The Morgan fingerprint density at radius 1 is 1.04 bits per heavy atom. The molecular formula is C22H25FN4O. The molecule has 3 aromatic rings. The fraction of sp³-hybridized carbons (Fsp3) is 0.318. The lowest BCUT2D eigenvalue weighted by Crippen LogP contribution is -2.34. The van der Waals surface area contributed by atoms with Gasteiger partial charge in [0, 0.05) is 43.6 Å². The molecule has 5 nitrogen and oxygen atoms in total. The molecule has 146 valence electrons. The van der Waals surface area contributed by atoms with Crippen LogP contribution < -0.4 is 4.90 Å². The molecule has 28 heavy (non-hydrogen) atoms. The van der Waals surface area contributed by atoms with Gasteiger partial charge >= 0.3 is 0 Å². The fourth-order valence-corrected chi connectivity index (χ4v) is 3.81. The van der Waals surface area contributed by atoms with Crippen LogP contribution in [0.3, 0.4) is 0 Å². The van der Waals surface area contributed by atoms with Crippen molar-refractivity contribution in [1.29, 1.82) is 0 Å². The Morgan fingerprint density at radius 3 is 2.43 bits per heavy atom. The maximum Gasteiger partial charge on any atom is 0.255 e. The number of rotatable bonds is 4. The molecule has 6 heteroatoms. The maximum atomic E-state index is 13.2. The largest absolute Gasteiger partial charge is 0.337 e. The number of likely N-dealkylation sites (tertiary alicyclic amines) is 1. The predicted molar refractivity (Wildman–Crippen MR) is 110 cm³/mol. The van der Waals surface area contributed by atoms with Gasteiger partial charge in [-0.05, 0) is 69.0 Å². The molecule has 1 atom stereocenters. The smallest absolute Gasteiger partial charge is 0.255 e. The van der Waals surface area contributed by atoms with Gasteiger partial charge in [0.2, 0.25) is 0 Å². The number of halogens is 1. The Hall–Kier alpha value is -2.86. The van der Waals surface area contributed by atoms with Gasteiger partial charge in [0.1, 0.15) is 11.6 Å². The Labute approximate surface area is 164 Å². The van der Waals surface area contributed by atoms with Gasteiger partial charge in [-0.3, -0.25) is 4.79 Å². The first-order chi connectivity index (χ1) is 13.4. The maximum absolute atomic E-state index is 13.2. The fourth-order valence-electron chi connectivity index (χ4n) is 3.81. The molecule has 1 amide bonds. The second-order valence-electron chi connectivity index (χ2n) is 7.60. The Kier molecular flexibility index (Phi) is 4.81.